The molecule has 0 fully saturated rings. The van der Waals surface area contributed by atoms with E-state index in [1.54, 1.807) is 22.7 Å². The van der Waals surface area contributed by atoms with Crippen LogP contribution in [-0.2, 0) is 19.5 Å². The Morgan fingerprint density at radius 2 is 1.39 bits per heavy atom. The molecule has 0 radical (unpaired) electrons. The SMILES string of the molecule is Cc1ccc(Nc2nc(C[N+](C)(CCCc3[nH]nc(N)c3C#N)Cc3csc(Nc4ccc(C)cc4)n3)cs2)cc1. The van der Waals surface area contributed by atoms with Crippen LogP contribution in [0.5, 0.6) is 0 Å². The van der Waals surface area contributed by atoms with E-state index >= 15 is 0 Å². The second kappa shape index (κ2) is 12.5. The molecule has 5 rings (SSSR count). The molecular weight excluding hydrogens is 551 g/mol. The molecule has 0 aliphatic heterocycles. The fraction of sp³-hybridized carbons (Fsp3) is 0.267. The third-order valence-corrected chi connectivity index (χ3v) is 8.52. The van der Waals surface area contributed by atoms with Gasteiger partial charge >= 0.3 is 0 Å². The first-order chi connectivity index (χ1) is 19.8. The lowest BCUT2D eigenvalue weighted by Crippen LogP contribution is -2.43. The third-order valence-electron chi connectivity index (χ3n) is 6.90. The highest BCUT2D eigenvalue weighted by molar-refractivity contribution is 7.14. The van der Waals surface area contributed by atoms with Gasteiger partial charge in [0.15, 0.2) is 16.1 Å². The largest absolute Gasteiger partial charge is 0.381 e. The Bertz CT molecular complexity index is 1540. The number of aromatic amines is 1. The number of aromatic nitrogens is 4. The van der Waals surface area contributed by atoms with Crippen LogP contribution in [0.2, 0.25) is 0 Å². The number of nitriles is 1. The summed E-state index contributed by atoms with van der Waals surface area (Å²) in [5.41, 5.74) is 13.6. The standard InChI is InChI=1S/C30H34N9S2/c1-20-6-10-22(11-7-20)33-29-35-24(18-40-29)16-39(3,14-4-5-27-26(15-31)28(32)38-37-27)17-25-19-41-30(36-25)34-23-12-8-21(2)9-13-23/h6-13,18-19H,4-5,14,16-17H2,1-3H3,(H,33,35)(H,34,36)(H3,32,37,38)/q+1. The van der Waals surface area contributed by atoms with Crippen molar-refractivity contribution in [3.05, 3.63) is 93.1 Å². The fourth-order valence-electron chi connectivity index (χ4n) is 4.73. The van der Waals surface area contributed by atoms with Crippen LogP contribution in [0.25, 0.3) is 0 Å². The van der Waals surface area contributed by atoms with Crippen molar-refractivity contribution >= 4 is 50.1 Å². The Morgan fingerprint density at radius 3 is 1.88 bits per heavy atom. The number of thiazole rings is 2. The number of hydrogen-bond donors (Lipinski definition) is 4. The summed E-state index contributed by atoms with van der Waals surface area (Å²) < 4.78 is 0.715. The zero-order chi connectivity index (χ0) is 28.8. The molecule has 11 heteroatoms. The summed E-state index contributed by atoms with van der Waals surface area (Å²) in [6.07, 6.45) is 1.54. The molecule has 0 bridgehead atoms. The molecule has 5 N–H and O–H groups in total. The number of nitrogens with two attached hydrogens (primary N) is 1. The smallest absolute Gasteiger partial charge is 0.187 e. The summed E-state index contributed by atoms with van der Waals surface area (Å²) in [5, 5.41) is 29.3. The normalized spacial score (nSPS) is 11.4. The lowest BCUT2D eigenvalue weighted by Gasteiger charge is -2.33. The van der Waals surface area contributed by atoms with Crippen molar-refractivity contribution < 1.29 is 4.48 Å². The highest BCUT2D eigenvalue weighted by Gasteiger charge is 2.26. The summed E-state index contributed by atoms with van der Waals surface area (Å²) in [6, 6.07) is 18.8. The van der Waals surface area contributed by atoms with Crippen LogP contribution in [0.4, 0.5) is 27.5 Å². The highest BCUT2D eigenvalue weighted by atomic mass is 32.1. The van der Waals surface area contributed by atoms with Crippen molar-refractivity contribution in [2.45, 2.75) is 39.8 Å². The van der Waals surface area contributed by atoms with Crippen molar-refractivity contribution in [1.82, 2.24) is 20.2 Å². The van der Waals surface area contributed by atoms with E-state index in [9.17, 15) is 5.26 Å². The maximum absolute atomic E-state index is 9.46. The van der Waals surface area contributed by atoms with E-state index in [1.165, 1.54) is 11.1 Å². The van der Waals surface area contributed by atoms with Gasteiger partial charge in [0.1, 0.15) is 36.1 Å². The van der Waals surface area contributed by atoms with Crippen LogP contribution in [-0.4, -0.2) is 38.2 Å². The minimum atomic E-state index is 0.256. The lowest BCUT2D eigenvalue weighted by molar-refractivity contribution is -0.936. The first-order valence-corrected chi connectivity index (χ1v) is 15.2. The van der Waals surface area contributed by atoms with Gasteiger partial charge in [0.25, 0.3) is 0 Å². The van der Waals surface area contributed by atoms with E-state index in [-0.39, 0.29) is 5.82 Å². The second-order valence-electron chi connectivity index (χ2n) is 10.6. The number of nitrogens with one attached hydrogen (secondary N) is 3. The quantitative estimate of drug-likeness (QED) is 0.121. The molecule has 210 valence electrons. The van der Waals surface area contributed by atoms with E-state index in [0.29, 0.717) is 16.5 Å². The number of rotatable bonds is 12. The fourth-order valence-corrected chi connectivity index (χ4v) is 6.17. The van der Waals surface area contributed by atoms with Crippen LogP contribution in [0, 0.1) is 25.2 Å². The van der Waals surface area contributed by atoms with E-state index in [0.717, 1.165) is 64.8 Å². The van der Waals surface area contributed by atoms with Crippen LogP contribution in [0.15, 0.2) is 59.3 Å². The van der Waals surface area contributed by atoms with Gasteiger partial charge in [-0.25, -0.2) is 9.97 Å². The third kappa shape index (κ3) is 7.49. The molecule has 5 aromatic rings. The van der Waals surface area contributed by atoms with Crippen LogP contribution < -0.4 is 16.4 Å². The summed E-state index contributed by atoms with van der Waals surface area (Å²) in [4.78, 5) is 9.81. The monoisotopic (exact) mass is 584 g/mol. The molecule has 0 saturated carbocycles. The molecule has 9 nitrogen and oxygen atoms in total. The molecule has 0 aliphatic carbocycles. The van der Waals surface area contributed by atoms with Gasteiger partial charge < -0.3 is 20.9 Å². The molecule has 41 heavy (non-hydrogen) atoms. The number of anilines is 5. The summed E-state index contributed by atoms with van der Waals surface area (Å²) in [5.74, 6) is 0.256. The Hall–Kier alpha value is -4.24. The Morgan fingerprint density at radius 1 is 0.878 bits per heavy atom. The Balaban J connectivity index is 1.30. The maximum atomic E-state index is 9.46. The number of nitrogens with zero attached hydrogens (tertiary/aromatic N) is 5. The summed E-state index contributed by atoms with van der Waals surface area (Å²) in [7, 11) is 2.24. The summed E-state index contributed by atoms with van der Waals surface area (Å²) >= 11 is 3.22. The lowest BCUT2D eigenvalue weighted by atomic mass is 10.1. The average molecular weight is 585 g/mol. The second-order valence-corrected chi connectivity index (χ2v) is 12.3. The molecule has 3 aromatic heterocycles. The van der Waals surface area contributed by atoms with E-state index in [1.807, 2.05) is 0 Å². The van der Waals surface area contributed by atoms with Gasteiger partial charge in [-0.2, -0.15) is 10.4 Å². The van der Waals surface area contributed by atoms with Crippen molar-refractivity contribution in [1.29, 1.82) is 5.26 Å². The van der Waals surface area contributed by atoms with Crippen LogP contribution >= 0.6 is 22.7 Å². The molecule has 0 unspecified atom stereocenters. The number of benzene rings is 2. The molecular formula is C30H34N9S2+. The topological polar surface area (TPSA) is 128 Å². The van der Waals surface area contributed by atoms with Crippen molar-refractivity contribution in [2.24, 2.45) is 0 Å². The van der Waals surface area contributed by atoms with Crippen LogP contribution in [0.1, 0.15) is 40.2 Å². The first-order valence-electron chi connectivity index (χ1n) is 13.4. The molecule has 0 spiro atoms. The van der Waals surface area contributed by atoms with E-state index in [2.05, 4.69) is 107 Å². The number of aryl methyl sites for hydroxylation is 3. The molecule has 0 aliphatic rings. The number of H-pyrrole nitrogens is 1. The van der Waals surface area contributed by atoms with Gasteiger partial charge in [0.05, 0.1) is 19.3 Å². The van der Waals surface area contributed by atoms with E-state index < -0.39 is 0 Å². The molecule has 0 atom stereocenters. The highest BCUT2D eigenvalue weighted by Crippen LogP contribution is 2.27. The molecule has 2 aromatic carbocycles. The van der Waals surface area contributed by atoms with Gasteiger partial charge in [-0.1, -0.05) is 35.4 Å². The molecule has 0 saturated heterocycles. The summed E-state index contributed by atoms with van der Waals surface area (Å²) in [6.45, 7) is 6.52. The zero-order valence-corrected chi connectivity index (χ0v) is 25.1. The van der Waals surface area contributed by atoms with Crippen molar-refractivity contribution in [3.8, 4) is 6.07 Å². The number of quaternary nitrogens is 1. The molecule has 0 amide bonds. The Kier molecular flexibility index (Phi) is 8.64. The number of hydrogen-bond acceptors (Lipinski definition) is 9. The van der Waals surface area contributed by atoms with E-state index in [4.69, 9.17) is 15.7 Å². The van der Waals surface area contributed by atoms with Crippen molar-refractivity contribution in [2.75, 3.05) is 30.0 Å². The van der Waals surface area contributed by atoms with Gasteiger partial charge in [0.2, 0.25) is 0 Å². The number of nitrogen functional groups attached to an aromatic ring is 1. The van der Waals surface area contributed by atoms with Gasteiger partial charge in [-0.15, -0.1) is 22.7 Å². The minimum absolute atomic E-state index is 0.256. The Labute approximate surface area is 248 Å². The minimum Gasteiger partial charge on any atom is -0.381 e. The van der Waals surface area contributed by atoms with Crippen LogP contribution in [0.3, 0.4) is 0 Å². The van der Waals surface area contributed by atoms with Crippen molar-refractivity contribution in [3.63, 3.8) is 0 Å². The predicted molar refractivity (Wildman–Crippen MR) is 168 cm³/mol. The van der Waals surface area contributed by atoms with Gasteiger partial charge in [-0.3, -0.25) is 5.10 Å². The first kappa shape index (κ1) is 28.3. The van der Waals surface area contributed by atoms with Gasteiger partial charge in [0, 0.05) is 28.6 Å². The average Bonchev–Trinajstić information content (AvgIpc) is 3.67. The van der Waals surface area contributed by atoms with Gasteiger partial charge in [-0.05, 0) is 44.5 Å². The predicted octanol–water partition coefficient (Wildman–Crippen LogP) is 6.66. The maximum Gasteiger partial charge on any atom is 0.187 e. The molecule has 3 heterocycles. The zero-order valence-electron chi connectivity index (χ0n) is 23.4.